The Bertz CT molecular complexity index is 355. The third kappa shape index (κ3) is 2.38. The number of anilines is 1. The molecule has 5 heteroatoms. The molecule has 1 aliphatic rings. The third-order valence-corrected chi connectivity index (χ3v) is 3.24. The highest BCUT2D eigenvalue weighted by molar-refractivity contribution is 6.31. The number of likely N-dealkylation sites (N-methyl/N-ethyl adjacent to an activating group) is 1. The van der Waals surface area contributed by atoms with Crippen molar-refractivity contribution in [2.75, 3.05) is 19.3 Å². The molecule has 0 radical (unpaired) electrons. The van der Waals surface area contributed by atoms with E-state index in [0.717, 1.165) is 12.1 Å². The van der Waals surface area contributed by atoms with Gasteiger partial charge in [0.2, 0.25) is 0 Å². The second-order valence-electron chi connectivity index (χ2n) is 4.06. The van der Waals surface area contributed by atoms with Crippen LogP contribution in [0.15, 0.2) is 6.07 Å². The normalized spacial score (nSPS) is 22.1. The zero-order valence-electron chi connectivity index (χ0n) is 8.78. The highest BCUT2D eigenvalue weighted by Gasteiger charge is 2.21. The van der Waals surface area contributed by atoms with Crippen molar-refractivity contribution in [3.05, 3.63) is 16.9 Å². The van der Waals surface area contributed by atoms with Crippen molar-refractivity contribution < 1.29 is 0 Å². The van der Waals surface area contributed by atoms with E-state index in [4.69, 9.17) is 17.3 Å². The fraction of sp³-hybridized carbons (Fsp3) is 0.600. The van der Waals surface area contributed by atoms with E-state index in [9.17, 15) is 0 Å². The average Bonchev–Trinajstić information content (AvgIpc) is 2.59. The molecule has 0 bridgehead atoms. The topological polar surface area (TPSA) is 55.0 Å². The molecule has 1 aromatic rings. The molecule has 0 saturated carbocycles. The molecule has 0 aromatic carbocycles. The summed E-state index contributed by atoms with van der Waals surface area (Å²) in [6, 6.07) is 2.39. The summed E-state index contributed by atoms with van der Waals surface area (Å²) >= 11 is 5.72. The highest BCUT2D eigenvalue weighted by atomic mass is 35.5. The first kappa shape index (κ1) is 10.6. The van der Waals surface area contributed by atoms with Gasteiger partial charge in [-0.3, -0.25) is 0 Å². The van der Waals surface area contributed by atoms with Gasteiger partial charge in [-0.05, 0) is 32.5 Å². The van der Waals surface area contributed by atoms with Crippen LogP contribution in [0.3, 0.4) is 0 Å². The van der Waals surface area contributed by atoms with Gasteiger partial charge in [0.1, 0.15) is 0 Å². The van der Waals surface area contributed by atoms with Gasteiger partial charge in [0, 0.05) is 12.5 Å². The molecule has 1 atom stereocenters. The lowest BCUT2D eigenvalue weighted by molar-refractivity contribution is 0.307. The lowest BCUT2D eigenvalue weighted by atomic mass is 10.1. The van der Waals surface area contributed by atoms with Gasteiger partial charge in [0.05, 0.1) is 11.4 Å². The van der Waals surface area contributed by atoms with Crippen LogP contribution in [0, 0.1) is 0 Å². The van der Waals surface area contributed by atoms with Gasteiger partial charge < -0.3 is 10.6 Å². The molecule has 1 saturated heterocycles. The van der Waals surface area contributed by atoms with Crippen LogP contribution in [0.2, 0.25) is 5.15 Å². The Morgan fingerprint density at radius 1 is 1.60 bits per heavy atom. The summed E-state index contributed by atoms with van der Waals surface area (Å²) in [5.74, 6) is 0. The number of hydrogen-bond donors (Lipinski definition) is 1. The standard InChI is InChI=1S/C10H15ClN4/c1-15-4-2-3-8(15)5-7-6-9(12)10(11)14-13-7/h6,8H,2-5H2,1H3,(H2,12,13). The van der Waals surface area contributed by atoms with Crippen molar-refractivity contribution in [3.63, 3.8) is 0 Å². The molecule has 0 spiro atoms. The van der Waals surface area contributed by atoms with E-state index >= 15 is 0 Å². The molecular weight excluding hydrogens is 212 g/mol. The zero-order valence-corrected chi connectivity index (χ0v) is 9.54. The molecule has 4 nitrogen and oxygen atoms in total. The Morgan fingerprint density at radius 2 is 2.40 bits per heavy atom. The molecular formula is C10H15ClN4. The second kappa shape index (κ2) is 4.33. The van der Waals surface area contributed by atoms with Crippen LogP contribution < -0.4 is 5.73 Å². The summed E-state index contributed by atoms with van der Waals surface area (Å²) in [5.41, 5.74) is 7.12. The lowest BCUT2D eigenvalue weighted by Gasteiger charge is -2.18. The maximum atomic E-state index is 5.72. The summed E-state index contributed by atoms with van der Waals surface area (Å²) in [6.07, 6.45) is 3.39. The molecule has 2 rings (SSSR count). The summed E-state index contributed by atoms with van der Waals surface area (Å²) in [7, 11) is 2.14. The van der Waals surface area contributed by atoms with Gasteiger partial charge in [0.25, 0.3) is 0 Å². The minimum absolute atomic E-state index is 0.290. The SMILES string of the molecule is CN1CCCC1Cc1cc(N)c(Cl)nn1. The molecule has 1 fully saturated rings. The lowest BCUT2D eigenvalue weighted by Crippen LogP contribution is -2.27. The van der Waals surface area contributed by atoms with E-state index in [2.05, 4.69) is 22.1 Å². The minimum atomic E-state index is 0.290. The molecule has 2 N–H and O–H groups in total. The number of nitrogens with zero attached hydrogens (tertiary/aromatic N) is 3. The number of aromatic nitrogens is 2. The number of rotatable bonds is 2. The Balaban J connectivity index is 2.07. The Morgan fingerprint density at radius 3 is 3.00 bits per heavy atom. The Kier molecular flexibility index (Phi) is 3.07. The van der Waals surface area contributed by atoms with Crippen LogP contribution in [-0.4, -0.2) is 34.7 Å². The average molecular weight is 227 g/mol. The predicted molar refractivity (Wildman–Crippen MR) is 60.8 cm³/mol. The molecule has 1 aliphatic heterocycles. The van der Waals surface area contributed by atoms with Crippen molar-refractivity contribution in [2.24, 2.45) is 0 Å². The van der Waals surface area contributed by atoms with Crippen molar-refractivity contribution in [2.45, 2.75) is 25.3 Å². The van der Waals surface area contributed by atoms with Crippen molar-refractivity contribution in [1.82, 2.24) is 15.1 Å². The first-order chi connectivity index (χ1) is 7.16. The number of nitrogen functional groups attached to an aromatic ring is 1. The fourth-order valence-electron chi connectivity index (χ4n) is 2.01. The largest absolute Gasteiger partial charge is 0.396 e. The molecule has 82 valence electrons. The van der Waals surface area contributed by atoms with Gasteiger partial charge >= 0.3 is 0 Å². The first-order valence-corrected chi connectivity index (χ1v) is 5.52. The molecule has 15 heavy (non-hydrogen) atoms. The summed E-state index contributed by atoms with van der Waals surface area (Å²) < 4.78 is 0. The van der Waals surface area contributed by atoms with Gasteiger partial charge in [-0.1, -0.05) is 11.6 Å². The van der Waals surface area contributed by atoms with Crippen LogP contribution in [-0.2, 0) is 6.42 Å². The van der Waals surface area contributed by atoms with Gasteiger partial charge in [-0.15, -0.1) is 5.10 Å². The van der Waals surface area contributed by atoms with Crippen LogP contribution in [0.25, 0.3) is 0 Å². The summed E-state index contributed by atoms with van der Waals surface area (Å²) in [5, 5.41) is 8.16. The van der Waals surface area contributed by atoms with Crippen LogP contribution in [0.1, 0.15) is 18.5 Å². The van der Waals surface area contributed by atoms with E-state index in [0.29, 0.717) is 16.9 Å². The van der Waals surface area contributed by atoms with Crippen LogP contribution in [0.5, 0.6) is 0 Å². The number of halogens is 1. The van der Waals surface area contributed by atoms with Crippen molar-refractivity contribution in [3.8, 4) is 0 Å². The summed E-state index contributed by atoms with van der Waals surface area (Å²) in [4.78, 5) is 2.35. The Hall–Kier alpha value is -0.870. The monoisotopic (exact) mass is 226 g/mol. The van der Waals surface area contributed by atoms with Gasteiger partial charge in [-0.25, -0.2) is 0 Å². The van der Waals surface area contributed by atoms with E-state index in [1.807, 2.05) is 6.07 Å². The third-order valence-electron chi connectivity index (χ3n) is 2.94. The smallest absolute Gasteiger partial charge is 0.174 e. The number of likely N-dealkylation sites (tertiary alicyclic amines) is 1. The van der Waals surface area contributed by atoms with E-state index in [1.54, 1.807) is 0 Å². The molecule has 2 heterocycles. The number of nitrogens with two attached hydrogens (primary N) is 1. The predicted octanol–water partition coefficient (Wildman–Crippen LogP) is 1.35. The molecule has 0 aliphatic carbocycles. The maximum absolute atomic E-state index is 5.72. The molecule has 1 aromatic heterocycles. The zero-order chi connectivity index (χ0) is 10.8. The van der Waals surface area contributed by atoms with E-state index in [1.165, 1.54) is 19.4 Å². The maximum Gasteiger partial charge on any atom is 0.174 e. The van der Waals surface area contributed by atoms with Gasteiger partial charge in [0.15, 0.2) is 5.15 Å². The van der Waals surface area contributed by atoms with Crippen molar-refractivity contribution in [1.29, 1.82) is 0 Å². The second-order valence-corrected chi connectivity index (χ2v) is 4.42. The Labute approximate surface area is 94.4 Å². The van der Waals surface area contributed by atoms with E-state index in [-0.39, 0.29) is 0 Å². The van der Waals surface area contributed by atoms with Crippen molar-refractivity contribution >= 4 is 17.3 Å². The minimum Gasteiger partial charge on any atom is -0.396 e. The van der Waals surface area contributed by atoms with E-state index < -0.39 is 0 Å². The molecule has 1 unspecified atom stereocenters. The quantitative estimate of drug-likeness (QED) is 0.827. The van der Waals surface area contributed by atoms with Crippen LogP contribution >= 0.6 is 11.6 Å². The summed E-state index contributed by atoms with van der Waals surface area (Å²) in [6.45, 7) is 1.17. The number of hydrogen-bond acceptors (Lipinski definition) is 4. The highest BCUT2D eigenvalue weighted by Crippen LogP contribution is 2.20. The van der Waals surface area contributed by atoms with Gasteiger partial charge in [-0.2, -0.15) is 5.10 Å². The molecule has 0 amide bonds. The first-order valence-electron chi connectivity index (χ1n) is 5.14. The van der Waals surface area contributed by atoms with Crippen LogP contribution in [0.4, 0.5) is 5.69 Å². The fourth-order valence-corrected chi connectivity index (χ4v) is 2.10.